The summed E-state index contributed by atoms with van der Waals surface area (Å²) in [5.74, 6) is 0.0834. The number of hydrogen-bond donors (Lipinski definition) is 3. The topological polar surface area (TPSA) is 101 Å². The molecule has 11 heteroatoms. The standard InChI is InChI=1S/C27H34Cl2N6O3/c28-21-5-4-19(17-22(21)29)32-26(37)34-15-13-33(14-16-34)25(36)23-18-35(12-11-30-23)20-6-8-27(38,9-7-20)24-3-1-2-10-31-24/h1-5,10,17,20,23,30,38H,6-9,11-16,18H2,(H,32,37)/t20?,23-,27?/m1/s1. The highest BCUT2D eigenvalue weighted by molar-refractivity contribution is 6.42. The van der Waals surface area contributed by atoms with E-state index in [2.05, 4.69) is 20.5 Å². The zero-order valence-electron chi connectivity index (χ0n) is 21.3. The molecule has 1 aromatic heterocycles. The van der Waals surface area contributed by atoms with E-state index < -0.39 is 5.60 Å². The third-order valence-corrected chi connectivity index (χ3v) is 8.73. The number of carbonyl (C=O) groups is 2. The molecule has 3 fully saturated rings. The normalized spacial score (nSPS) is 26.7. The molecule has 2 aromatic rings. The van der Waals surface area contributed by atoms with Crippen LogP contribution in [0, 0.1) is 0 Å². The molecule has 3 N–H and O–H groups in total. The second-order valence-electron chi connectivity index (χ2n) is 10.4. The monoisotopic (exact) mass is 560 g/mol. The van der Waals surface area contributed by atoms with Gasteiger partial charge in [-0.1, -0.05) is 29.3 Å². The molecule has 0 radical (unpaired) electrons. The van der Waals surface area contributed by atoms with Crippen molar-refractivity contribution >= 4 is 40.8 Å². The molecule has 3 amide bonds. The van der Waals surface area contributed by atoms with E-state index in [1.54, 1.807) is 29.3 Å². The largest absolute Gasteiger partial charge is 0.384 e. The highest BCUT2D eigenvalue weighted by atomic mass is 35.5. The number of hydrogen-bond acceptors (Lipinski definition) is 6. The molecule has 204 valence electrons. The number of urea groups is 1. The summed E-state index contributed by atoms with van der Waals surface area (Å²) in [6.07, 6.45) is 4.82. The fraction of sp³-hybridized carbons (Fsp3) is 0.519. The zero-order chi connectivity index (χ0) is 26.7. The predicted octanol–water partition coefficient (Wildman–Crippen LogP) is 3.17. The van der Waals surface area contributed by atoms with Gasteiger partial charge in [-0.25, -0.2) is 4.79 Å². The first-order chi connectivity index (χ1) is 18.3. The molecule has 2 saturated heterocycles. The summed E-state index contributed by atoms with van der Waals surface area (Å²) < 4.78 is 0. The average molecular weight is 562 g/mol. The van der Waals surface area contributed by atoms with Crippen molar-refractivity contribution in [1.29, 1.82) is 0 Å². The van der Waals surface area contributed by atoms with E-state index in [-0.39, 0.29) is 18.0 Å². The number of piperazine rings is 2. The Morgan fingerprint density at radius 2 is 1.74 bits per heavy atom. The van der Waals surface area contributed by atoms with Crippen LogP contribution in [-0.2, 0) is 10.4 Å². The molecule has 1 atom stereocenters. The van der Waals surface area contributed by atoms with Gasteiger partial charge < -0.3 is 25.5 Å². The van der Waals surface area contributed by atoms with Crippen LogP contribution < -0.4 is 10.6 Å². The smallest absolute Gasteiger partial charge is 0.321 e. The van der Waals surface area contributed by atoms with Gasteiger partial charge in [-0.3, -0.25) is 14.7 Å². The van der Waals surface area contributed by atoms with E-state index in [4.69, 9.17) is 23.2 Å². The number of aromatic nitrogens is 1. The molecule has 1 saturated carbocycles. The van der Waals surface area contributed by atoms with Crippen molar-refractivity contribution in [3.05, 3.63) is 58.3 Å². The van der Waals surface area contributed by atoms with Crippen molar-refractivity contribution < 1.29 is 14.7 Å². The number of pyridine rings is 1. The van der Waals surface area contributed by atoms with Crippen LogP contribution in [0.2, 0.25) is 10.0 Å². The number of nitrogens with one attached hydrogen (secondary N) is 2. The average Bonchev–Trinajstić information content (AvgIpc) is 2.95. The summed E-state index contributed by atoms with van der Waals surface area (Å²) in [5, 5.41) is 18.2. The van der Waals surface area contributed by atoms with Gasteiger partial charge in [0.25, 0.3) is 0 Å². The van der Waals surface area contributed by atoms with Crippen LogP contribution in [0.5, 0.6) is 0 Å². The summed E-state index contributed by atoms with van der Waals surface area (Å²) in [4.78, 5) is 36.4. The van der Waals surface area contributed by atoms with Crippen LogP contribution in [-0.4, -0.2) is 94.6 Å². The van der Waals surface area contributed by atoms with Crippen molar-refractivity contribution in [2.24, 2.45) is 0 Å². The lowest BCUT2D eigenvalue weighted by atomic mass is 9.79. The lowest BCUT2D eigenvalue weighted by Gasteiger charge is -2.44. The summed E-state index contributed by atoms with van der Waals surface area (Å²) in [6, 6.07) is 10.5. The third kappa shape index (κ3) is 6.07. The van der Waals surface area contributed by atoms with Gasteiger partial charge in [0.1, 0.15) is 5.60 Å². The highest BCUT2D eigenvalue weighted by Gasteiger charge is 2.40. The molecular formula is C27H34Cl2N6O3. The minimum atomic E-state index is -0.868. The molecule has 1 aliphatic carbocycles. The molecule has 38 heavy (non-hydrogen) atoms. The van der Waals surface area contributed by atoms with Crippen LogP contribution in [0.1, 0.15) is 31.4 Å². The van der Waals surface area contributed by atoms with Crippen molar-refractivity contribution in [3.63, 3.8) is 0 Å². The van der Waals surface area contributed by atoms with Crippen LogP contribution in [0.3, 0.4) is 0 Å². The SMILES string of the molecule is O=C(Nc1ccc(Cl)c(Cl)c1)N1CCN(C(=O)[C@H]2CN(C3CCC(O)(c4ccccn4)CC3)CCN2)CC1. The molecule has 0 unspecified atom stereocenters. The highest BCUT2D eigenvalue weighted by Crippen LogP contribution is 2.38. The Balaban J connectivity index is 1.10. The minimum Gasteiger partial charge on any atom is -0.384 e. The summed E-state index contributed by atoms with van der Waals surface area (Å²) in [7, 11) is 0. The van der Waals surface area contributed by atoms with Gasteiger partial charge in [0, 0.05) is 63.7 Å². The van der Waals surface area contributed by atoms with Crippen molar-refractivity contribution in [2.75, 3.05) is 51.1 Å². The number of amides is 3. The van der Waals surface area contributed by atoms with Gasteiger partial charge in [0.05, 0.1) is 21.8 Å². The van der Waals surface area contributed by atoms with E-state index in [9.17, 15) is 14.7 Å². The van der Waals surface area contributed by atoms with Crippen LogP contribution in [0.15, 0.2) is 42.6 Å². The summed E-state index contributed by atoms with van der Waals surface area (Å²) >= 11 is 12.0. The second kappa shape index (κ2) is 11.8. The number of benzene rings is 1. The van der Waals surface area contributed by atoms with E-state index >= 15 is 0 Å². The van der Waals surface area contributed by atoms with Crippen molar-refractivity contribution in [1.82, 2.24) is 25.0 Å². The van der Waals surface area contributed by atoms with Crippen molar-refractivity contribution in [2.45, 2.75) is 43.4 Å². The van der Waals surface area contributed by atoms with Gasteiger partial charge in [0.2, 0.25) is 5.91 Å². The number of aliphatic hydroxyl groups is 1. The van der Waals surface area contributed by atoms with Crippen LogP contribution >= 0.6 is 23.2 Å². The van der Waals surface area contributed by atoms with E-state index in [0.29, 0.717) is 67.3 Å². The Morgan fingerprint density at radius 3 is 2.42 bits per heavy atom. The maximum absolute atomic E-state index is 13.3. The number of nitrogens with zero attached hydrogens (tertiary/aromatic N) is 4. The number of halogens is 2. The molecule has 9 nitrogen and oxygen atoms in total. The maximum atomic E-state index is 13.3. The van der Waals surface area contributed by atoms with E-state index in [0.717, 1.165) is 31.6 Å². The third-order valence-electron chi connectivity index (χ3n) is 7.99. The summed E-state index contributed by atoms with van der Waals surface area (Å²) in [6.45, 7) is 4.21. The first-order valence-electron chi connectivity index (χ1n) is 13.2. The Bertz CT molecular complexity index is 1140. The Hall–Kier alpha value is -2.43. The van der Waals surface area contributed by atoms with E-state index in [1.165, 1.54) is 0 Å². The van der Waals surface area contributed by atoms with Gasteiger partial charge in [-0.2, -0.15) is 0 Å². The quantitative estimate of drug-likeness (QED) is 0.531. The first-order valence-corrected chi connectivity index (χ1v) is 14.0. The molecule has 0 bridgehead atoms. The zero-order valence-corrected chi connectivity index (χ0v) is 22.8. The molecular weight excluding hydrogens is 527 g/mol. The van der Waals surface area contributed by atoms with Gasteiger partial charge >= 0.3 is 6.03 Å². The van der Waals surface area contributed by atoms with Crippen molar-refractivity contribution in [3.8, 4) is 0 Å². The fourth-order valence-electron chi connectivity index (χ4n) is 5.74. The van der Waals surface area contributed by atoms with Crippen LogP contribution in [0.4, 0.5) is 10.5 Å². The molecule has 5 rings (SSSR count). The Kier molecular flexibility index (Phi) is 8.40. The first kappa shape index (κ1) is 27.1. The Morgan fingerprint density at radius 1 is 1.00 bits per heavy atom. The predicted molar refractivity (Wildman–Crippen MR) is 147 cm³/mol. The number of anilines is 1. The molecule has 2 aliphatic heterocycles. The second-order valence-corrected chi connectivity index (χ2v) is 11.2. The molecule has 3 heterocycles. The van der Waals surface area contributed by atoms with Gasteiger partial charge in [0.15, 0.2) is 0 Å². The minimum absolute atomic E-state index is 0.0834. The fourth-order valence-corrected chi connectivity index (χ4v) is 6.03. The molecule has 3 aliphatic rings. The summed E-state index contributed by atoms with van der Waals surface area (Å²) in [5.41, 5.74) is 0.458. The lowest BCUT2D eigenvalue weighted by Crippen LogP contribution is -2.62. The van der Waals surface area contributed by atoms with Gasteiger partial charge in [-0.15, -0.1) is 0 Å². The maximum Gasteiger partial charge on any atom is 0.321 e. The Labute approximate surface area is 233 Å². The lowest BCUT2D eigenvalue weighted by molar-refractivity contribution is -0.136. The van der Waals surface area contributed by atoms with Gasteiger partial charge in [-0.05, 0) is 56.0 Å². The molecule has 0 spiro atoms. The molecule has 1 aromatic carbocycles. The number of carbonyl (C=O) groups excluding carboxylic acids is 2. The number of rotatable bonds is 4. The van der Waals surface area contributed by atoms with E-state index in [1.807, 2.05) is 23.1 Å². The van der Waals surface area contributed by atoms with Crippen LogP contribution in [0.25, 0.3) is 0 Å².